The van der Waals surface area contributed by atoms with E-state index in [0.717, 1.165) is 64.2 Å². The molecule has 7 heteroatoms. The van der Waals surface area contributed by atoms with Crippen LogP contribution in [0.2, 0.25) is 0 Å². The van der Waals surface area contributed by atoms with Crippen molar-refractivity contribution in [1.29, 1.82) is 0 Å². The van der Waals surface area contributed by atoms with Gasteiger partial charge in [-0.2, -0.15) is 0 Å². The summed E-state index contributed by atoms with van der Waals surface area (Å²) in [6.07, 6.45) is 5.35. The Morgan fingerprint density at radius 3 is 1.70 bits per heavy atom. The van der Waals surface area contributed by atoms with Crippen LogP contribution < -0.4 is 0 Å². The van der Waals surface area contributed by atoms with E-state index in [1.54, 1.807) is 0 Å². The van der Waals surface area contributed by atoms with Crippen LogP contribution in [0.4, 0.5) is 0 Å². The first kappa shape index (κ1) is 29.0. The molecule has 1 unspecified atom stereocenters. The van der Waals surface area contributed by atoms with Crippen LogP contribution in [0.15, 0.2) is 0 Å². The summed E-state index contributed by atoms with van der Waals surface area (Å²) in [6, 6.07) is 0. The van der Waals surface area contributed by atoms with E-state index >= 15 is 0 Å². The summed E-state index contributed by atoms with van der Waals surface area (Å²) in [5, 5.41) is 39.4. The van der Waals surface area contributed by atoms with E-state index in [9.17, 15) is 24.9 Å². The average Bonchev–Trinajstić information content (AvgIpc) is 2.75. The molecule has 0 radical (unpaired) electrons. The van der Waals surface area contributed by atoms with Gasteiger partial charge < -0.3 is 25.2 Å². The first-order valence-electron chi connectivity index (χ1n) is 11.8. The van der Waals surface area contributed by atoms with Gasteiger partial charge in [-0.1, -0.05) is 78.1 Å². The highest BCUT2D eigenvalue weighted by Gasteiger charge is 2.38. The van der Waals surface area contributed by atoms with E-state index in [2.05, 4.69) is 13.8 Å². The van der Waals surface area contributed by atoms with Crippen molar-refractivity contribution in [2.45, 2.75) is 128 Å². The fourth-order valence-electron chi connectivity index (χ4n) is 3.32. The molecule has 0 fully saturated rings. The lowest BCUT2D eigenvalue weighted by molar-refractivity contribution is -0.176. The number of aliphatic hydroxyl groups excluding tert-OH is 4. The largest absolute Gasteiger partial charge is 0.456 e. The lowest BCUT2D eigenvalue weighted by Crippen LogP contribution is -2.51. The van der Waals surface area contributed by atoms with Crippen molar-refractivity contribution < 1.29 is 34.8 Å². The molecule has 0 bridgehead atoms. The molecule has 0 aliphatic carbocycles. The number of aliphatic hydroxyl groups is 4. The summed E-state index contributed by atoms with van der Waals surface area (Å²) >= 11 is 0. The molecule has 30 heavy (non-hydrogen) atoms. The van der Waals surface area contributed by atoms with Crippen molar-refractivity contribution in [3.8, 4) is 0 Å². The minimum Gasteiger partial charge on any atom is -0.456 e. The van der Waals surface area contributed by atoms with Crippen LogP contribution in [0.1, 0.15) is 104 Å². The Balaban J connectivity index is 4.60. The van der Waals surface area contributed by atoms with Gasteiger partial charge in [-0.15, -0.1) is 0 Å². The van der Waals surface area contributed by atoms with Gasteiger partial charge in [-0.3, -0.25) is 9.59 Å². The normalized spacial score (nSPS) is 15.4. The predicted molar refractivity (Wildman–Crippen MR) is 116 cm³/mol. The highest BCUT2D eigenvalue weighted by molar-refractivity contribution is 5.84. The smallest absolute Gasteiger partial charge is 0.306 e. The Morgan fingerprint density at radius 2 is 1.20 bits per heavy atom. The van der Waals surface area contributed by atoms with Gasteiger partial charge in [-0.25, -0.2) is 0 Å². The third kappa shape index (κ3) is 13.3. The van der Waals surface area contributed by atoms with Crippen molar-refractivity contribution in [3.63, 3.8) is 0 Å². The molecule has 4 atom stereocenters. The minimum absolute atomic E-state index is 0.112. The number of unbranched alkanes of at least 4 members (excludes halogenated alkanes) is 10. The molecule has 0 rings (SSSR count). The van der Waals surface area contributed by atoms with Gasteiger partial charge in [0.05, 0.1) is 6.61 Å². The van der Waals surface area contributed by atoms with Crippen molar-refractivity contribution in [2.75, 3.05) is 6.61 Å². The third-order valence-electron chi connectivity index (χ3n) is 5.34. The van der Waals surface area contributed by atoms with E-state index in [1.165, 1.54) is 0 Å². The SMILES string of the molecule is CCCCCCCCC(=O)O[C@@H](C(O)C(=O)CCCCCCCC)[C@@H](O)[C@H](O)CO. The van der Waals surface area contributed by atoms with E-state index in [1.807, 2.05) is 0 Å². The number of ketones is 1. The second-order valence-corrected chi connectivity index (χ2v) is 8.14. The van der Waals surface area contributed by atoms with Crippen LogP contribution in [-0.2, 0) is 14.3 Å². The first-order valence-corrected chi connectivity index (χ1v) is 11.8. The molecule has 0 aromatic carbocycles. The molecule has 178 valence electrons. The molecule has 0 aromatic heterocycles. The standard InChI is InChI=1S/C23H44O7/c1-3-5-7-9-11-13-15-18(25)21(28)23(22(29)19(26)17-24)30-20(27)16-14-12-10-8-6-4-2/h19,21-24,26,28-29H,3-17H2,1-2H3/t19-,21?,22+,23+/m1/s1. The topological polar surface area (TPSA) is 124 Å². The van der Waals surface area contributed by atoms with Gasteiger partial charge >= 0.3 is 5.97 Å². The van der Waals surface area contributed by atoms with E-state index in [-0.39, 0.29) is 12.8 Å². The number of Topliss-reactive ketones (excluding diaryl/α,β-unsaturated/α-hetero) is 1. The van der Waals surface area contributed by atoms with Gasteiger partial charge in [-0.05, 0) is 12.8 Å². The van der Waals surface area contributed by atoms with Gasteiger partial charge in [0.1, 0.15) is 12.2 Å². The van der Waals surface area contributed by atoms with Crippen LogP contribution in [0.25, 0.3) is 0 Å². The van der Waals surface area contributed by atoms with Gasteiger partial charge in [0.2, 0.25) is 0 Å². The second kappa shape index (κ2) is 18.7. The summed E-state index contributed by atoms with van der Waals surface area (Å²) in [4.78, 5) is 24.5. The zero-order valence-electron chi connectivity index (χ0n) is 18.9. The summed E-state index contributed by atoms with van der Waals surface area (Å²) in [5.41, 5.74) is 0. The first-order chi connectivity index (χ1) is 14.4. The molecule has 0 aromatic rings. The third-order valence-corrected chi connectivity index (χ3v) is 5.34. The van der Waals surface area contributed by atoms with Crippen LogP contribution in [0.5, 0.6) is 0 Å². The fourth-order valence-corrected chi connectivity index (χ4v) is 3.32. The van der Waals surface area contributed by atoms with E-state index in [4.69, 9.17) is 9.84 Å². The summed E-state index contributed by atoms with van der Waals surface area (Å²) < 4.78 is 5.17. The van der Waals surface area contributed by atoms with Crippen molar-refractivity contribution in [3.05, 3.63) is 0 Å². The lowest BCUT2D eigenvalue weighted by atomic mass is 9.97. The number of hydrogen-bond donors (Lipinski definition) is 4. The van der Waals surface area contributed by atoms with Crippen molar-refractivity contribution in [2.24, 2.45) is 0 Å². The molecular formula is C23H44O7. The highest BCUT2D eigenvalue weighted by Crippen LogP contribution is 2.16. The quantitative estimate of drug-likeness (QED) is 0.172. The molecule has 0 heterocycles. The maximum absolute atomic E-state index is 12.3. The Kier molecular flexibility index (Phi) is 18.1. The van der Waals surface area contributed by atoms with E-state index in [0.29, 0.717) is 12.8 Å². The molecule has 0 aliphatic heterocycles. The van der Waals surface area contributed by atoms with Crippen LogP contribution in [0.3, 0.4) is 0 Å². The summed E-state index contributed by atoms with van der Waals surface area (Å²) in [5.74, 6) is -1.17. The monoisotopic (exact) mass is 432 g/mol. The highest BCUT2D eigenvalue weighted by atomic mass is 16.6. The van der Waals surface area contributed by atoms with Crippen LogP contribution in [-0.4, -0.2) is 63.2 Å². The van der Waals surface area contributed by atoms with Gasteiger partial charge in [0.15, 0.2) is 18.0 Å². The number of ether oxygens (including phenoxy) is 1. The predicted octanol–water partition coefficient (Wildman–Crippen LogP) is 3.04. The number of rotatable bonds is 20. The lowest BCUT2D eigenvalue weighted by Gasteiger charge is -2.29. The molecule has 0 amide bonds. The number of carbonyl (C=O) groups excluding carboxylic acids is 2. The maximum Gasteiger partial charge on any atom is 0.306 e. The molecule has 0 saturated carbocycles. The average molecular weight is 433 g/mol. The molecular weight excluding hydrogens is 388 g/mol. The Bertz CT molecular complexity index is 441. The second-order valence-electron chi connectivity index (χ2n) is 8.14. The Hall–Kier alpha value is -1.02. The van der Waals surface area contributed by atoms with Crippen molar-refractivity contribution in [1.82, 2.24) is 0 Å². The molecule has 4 N–H and O–H groups in total. The Labute approximate surface area is 181 Å². The zero-order valence-corrected chi connectivity index (χ0v) is 18.9. The molecule has 0 saturated heterocycles. The number of hydrogen-bond acceptors (Lipinski definition) is 7. The van der Waals surface area contributed by atoms with Crippen LogP contribution in [0, 0.1) is 0 Å². The summed E-state index contributed by atoms with van der Waals surface area (Å²) in [7, 11) is 0. The molecule has 0 spiro atoms. The number of esters is 1. The van der Waals surface area contributed by atoms with Crippen molar-refractivity contribution >= 4 is 11.8 Å². The fraction of sp³-hybridized carbons (Fsp3) is 0.913. The van der Waals surface area contributed by atoms with Crippen LogP contribution >= 0.6 is 0 Å². The summed E-state index contributed by atoms with van der Waals surface area (Å²) in [6.45, 7) is 3.48. The van der Waals surface area contributed by atoms with Gasteiger partial charge in [0.25, 0.3) is 0 Å². The number of carbonyl (C=O) groups is 2. The molecule has 7 nitrogen and oxygen atoms in total. The maximum atomic E-state index is 12.3. The Morgan fingerprint density at radius 1 is 0.733 bits per heavy atom. The van der Waals surface area contributed by atoms with E-state index < -0.39 is 42.8 Å². The molecule has 0 aliphatic rings. The van der Waals surface area contributed by atoms with Gasteiger partial charge in [0, 0.05) is 12.8 Å². The minimum atomic E-state index is -1.74. The zero-order chi connectivity index (χ0) is 22.8.